The first kappa shape index (κ1) is 19.6. The molecule has 3 rings (SSSR count). The fraction of sp³-hybridized carbons (Fsp3) is 0.789. The molecule has 2 aliphatic heterocycles. The van der Waals surface area contributed by atoms with Gasteiger partial charge in [-0.3, -0.25) is 9.69 Å². The second kappa shape index (κ2) is 8.27. The molecule has 8 heteroatoms. The average Bonchev–Trinajstić information content (AvgIpc) is 3.15. The second-order valence-corrected chi connectivity index (χ2v) is 8.37. The van der Waals surface area contributed by atoms with Gasteiger partial charge in [0.15, 0.2) is 0 Å². The molecule has 0 saturated carbocycles. The molecule has 2 aliphatic rings. The molecule has 0 radical (unpaired) electrons. The number of likely N-dealkylation sites (tertiary alicyclic amines) is 1. The number of aryl methyl sites for hydroxylation is 1. The van der Waals surface area contributed by atoms with Crippen molar-refractivity contribution in [3.63, 3.8) is 0 Å². The Labute approximate surface area is 160 Å². The molecule has 27 heavy (non-hydrogen) atoms. The molecule has 1 unspecified atom stereocenters. The third-order valence-electron chi connectivity index (χ3n) is 5.02. The number of nitrogens with one attached hydrogen (secondary N) is 1. The maximum atomic E-state index is 12.6. The van der Waals surface area contributed by atoms with Crippen LogP contribution < -0.4 is 5.32 Å². The normalized spacial score (nSPS) is 20.1. The summed E-state index contributed by atoms with van der Waals surface area (Å²) in [6.07, 6.45) is 6.24. The van der Waals surface area contributed by atoms with Crippen LogP contribution in [-0.4, -0.2) is 56.4 Å². The molecule has 1 fully saturated rings. The summed E-state index contributed by atoms with van der Waals surface area (Å²) in [6, 6.07) is -0.449. The van der Waals surface area contributed by atoms with E-state index in [4.69, 9.17) is 4.74 Å². The van der Waals surface area contributed by atoms with Crippen molar-refractivity contribution < 1.29 is 14.3 Å². The van der Waals surface area contributed by atoms with Gasteiger partial charge in [-0.2, -0.15) is 0 Å². The highest BCUT2D eigenvalue weighted by Gasteiger charge is 2.36. The van der Waals surface area contributed by atoms with E-state index in [1.54, 1.807) is 4.90 Å². The van der Waals surface area contributed by atoms with Gasteiger partial charge in [0.2, 0.25) is 5.91 Å². The van der Waals surface area contributed by atoms with Gasteiger partial charge in [0.25, 0.3) is 0 Å². The third kappa shape index (κ3) is 4.99. The van der Waals surface area contributed by atoms with E-state index in [1.165, 1.54) is 6.42 Å². The fourth-order valence-corrected chi connectivity index (χ4v) is 3.72. The van der Waals surface area contributed by atoms with Gasteiger partial charge in [-0.25, -0.2) is 4.79 Å². The van der Waals surface area contributed by atoms with Crippen molar-refractivity contribution in [1.29, 1.82) is 0 Å². The molecule has 1 N–H and O–H groups in total. The van der Waals surface area contributed by atoms with Crippen LogP contribution >= 0.6 is 0 Å². The van der Waals surface area contributed by atoms with Crippen LogP contribution in [0.2, 0.25) is 0 Å². The van der Waals surface area contributed by atoms with Crippen molar-refractivity contribution in [3.8, 4) is 0 Å². The van der Waals surface area contributed by atoms with Crippen LogP contribution in [0.15, 0.2) is 0 Å². The summed E-state index contributed by atoms with van der Waals surface area (Å²) in [5, 5.41) is 11.6. The lowest BCUT2D eigenvalue weighted by Crippen LogP contribution is -2.47. The molecule has 3 heterocycles. The molecule has 0 aliphatic carbocycles. The van der Waals surface area contributed by atoms with E-state index in [0.29, 0.717) is 25.9 Å². The molecule has 0 aromatic carbocycles. The second-order valence-electron chi connectivity index (χ2n) is 8.37. The number of fused-ring (bicyclic) bond motifs is 1. The molecule has 2 amide bonds. The van der Waals surface area contributed by atoms with Crippen LogP contribution in [-0.2, 0) is 28.9 Å². The molecule has 1 aromatic rings. The Hall–Kier alpha value is -2.12. The van der Waals surface area contributed by atoms with Crippen molar-refractivity contribution in [2.24, 2.45) is 0 Å². The van der Waals surface area contributed by atoms with Gasteiger partial charge >= 0.3 is 6.09 Å². The Balaban J connectivity index is 1.52. The zero-order valence-electron chi connectivity index (χ0n) is 16.7. The number of ether oxygens (including phenoxy) is 1. The van der Waals surface area contributed by atoms with E-state index in [2.05, 4.69) is 20.1 Å². The lowest BCUT2D eigenvalue weighted by Gasteiger charge is -2.28. The Bertz CT molecular complexity index is 679. The average molecular weight is 377 g/mol. The Morgan fingerprint density at radius 3 is 2.74 bits per heavy atom. The van der Waals surface area contributed by atoms with Gasteiger partial charge in [-0.05, 0) is 46.5 Å². The first-order valence-electron chi connectivity index (χ1n) is 10.0. The SMILES string of the molecule is CC(C)(C)OC(=O)N1CCCC1C(=O)NCCc1nnc2n1CCCCC2. The standard InChI is InChI=1S/C19H31N5O3/c1-19(2,3)27-18(26)23-13-7-8-14(23)17(25)20-11-10-16-22-21-15-9-5-4-6-12-24(15)16/h14H,4-13H2,1-3H3,(H,20,25). The summed E-state index contributed by atoms with van der Waals surface area (Å²) < 4.78 is 7.62. The summed E-state index contributed by atoms with van der Waals surface area (Å²) in [4.78, 5) is 26.5. The van der Waals surface area contributed by atoms with Crippen molar-refractivity contribution in [1.82, 2.24) is 25.0 Å². The molecule has 1 atom stereocenters. The van der Waals surface area contributed by atoms with Crippen LogP contribution in [0.1, 0.15) is 64.5 Å². The monoisotopic (exact) mass is 377 g/mol. The summed E-state index contributed by atoms with van der Waals surface area (Å²) in [7, 11) is 0. The number of nitrogens with zero attached hydrogens (tertiary/aromatic N) is 4. The number of carbonyl (C=O) groups is 2. The largest absolute Gasteiger partial charge is 0.444 e. The number of carbonyl (C=O) groups excluding carboxylic acids is 2. The maximum absolute atomic E-state index is 12.6. The summed E-state index contributed by atoms with van der Waals surface area (Å²) in [5.41, 5.74) is -0.563. The molecule has 1 aromatic heterocycles. The summed E-state index contributed by atoms with van der Waals surface area (Å²) >= 11 is 0. The highest BCUT2D eigenvalue weighted by atomic mass is 16.6. The number of aromatic nitrogens is 3. The van der Waals surface area contributed by atoms with Crippen molar-refractivity contribution >= 4 is 12.0 Å². The molecular formula is C19H31N5O3. The van der Waals surface area contributed by atoms with Gasteiger partial charge < -0.3 is 14.6 Å². The predicted molar refractivity (Wildman–Crippen MR) is 100 cm³/mol. The number of hydrogen-bond acceptors (Lipinski definition) is 5. The van der Waals surface area contributed by atoms with Gasteiger partial charge in [-0.1, -0.05) is 6.42 Å². The highest BCUT2D eigenvalue weighted by Crippen LogP contribution is 2.21. The Morgan fingerprint density at radius 1 is 1.15 bits per heavy atom. The van der Waals surface area contributed by atoms with Gasteiger partial charge in [-0.15, -0.1) is 10.2 Å². The first-order valence-corrected chi connectivity index (χ1v) is 10.0. The van der Waals surface area contributed by atoms with Crippen LogP contribution in [0.5, 0.6) is 0 Å². The molecular weight excluding hydrogens is 346 g/mol. The van der Waals surface area contributed by atoms with E-state index >= 15 is 0 Å². The van der Waals surface area contributed by atoms with Gasteiger partial charge in [0.1, 0.15) is 23.3 Å². The zero-order valence-corrected chi connectivity index (χ0v) is 16.7. The minimum absolute atomic E-state index is 0.117. The molecule has 1 saturated heterocycles. The Kier molecular flexibility index (Phi) is 6.01. The van der Waals surface area contributed by atoms with Crippen LogP contribution in [0.3, 0.4) is 0 Å². The molecule has 0 bridgehead atoms. The lowest BCUT2D eigenvalue weighted by atomic mass is 10.2. The Morgan fingerprint density at radius 2 is 1.96 bits per heavy atom. The van der Waals surface area contributed by atoms with E-state index in [9.17, 15) is 9.59 Å². The van der Waals surface area contributed by atoms with E-state index < -0.39 is 17.7 Å². The highest BCUT2D eigenvalue weighted by molar-refractivity contribution is 5.86. The topological polar surface area (TPSA) is 89.3 Å². The lowest BCUT2D eigenvalue weighted by molar-refractivity contribution is -0.125. The number of hydrogen-bond donors (Lipinski definition) is 1. The predicted octanol–water partition coefficient (Wildman–Crippen LogP) is 2.06. The minimum Gasteiger partial charge on any atom is -0.444 e. The molecule has 150 valence electrons. The molecule has 8 nitrogen and oxygen atoms in total. The van der Waals surface area contributed by atoms with E-state index in [0.717, 1.165) is 43.9 Å². The van der Waals surface area contributed by atoms with Gasteiger partial charge in [0.05, 0.1) is 0 Å². The minimum atomic E-state index is -0.563. The number of amides is 2. The summed E-state index contributed by atoms with van der Waals surface area (Å²) in [6.45, 7) is 7.51. The van der Waals surface area contributed by atoms with Crippen molar-refractivity contribution in [3.05, 3.63) is 11.6 Å². The fourth-order valence-electron chi connectivity index (χ4n) is 3.72. The first-order chi connectivity index (χ1) is 12.8. The number of rotatable bonds is 4. The van der Waals surface area contributed by atoms with Crippen molar-refractivity contribution in [2.45, 2.75) is 83.9 Å². The van der Waals surface area contributed by atoms with Crippen molar-refractivity contribution in [2.75, 3.05) is 13.1 Å². The van der Waals surface area contributed by atoms with Crippen LogP contribution in [0.4, 0.5) is 4.79 Å². The van der Waals surface area contributed by atoms with E-state index in [-0.39, 0.29) is 5.91 Å². The third-order valence-corrected chi connectivity index (χ3v) is 5.02. The van der Waals surface area contributed by atoms with E-state index in [1.807, 2.05) is 20.8 Å². The van der Waals surface area contributed by atoms with Gasteiger partial charge in [0, 0.05) is 32.5 Å². The smallest absolute Gasteiger partial charge is 0.410 e. The quantitative estimate of drug-likeness (QED) is 0.867. The zero-order chi connectivity index (χ0) is 19.4. The maximum Gasteiger partial charge on any atom is 0.410 e. The van der Waals surface area contributed by atoms with Crippen LogP contribution in [0, 0.1) is 0 Å². The van der Waals surface area contributed by atoms with Crippen LogP contribution in [0.25, 0.3) is 0 Å². The summed E-state index contributed by atoms with van der Waals surface area (Å²) in [5.74, 6) is 1.87. The molecule has 0 spiro atoms.